The summed E-state index contributed by atoms with van der Waals surface area (Å²) in [7, 11) is 0. The summed E-state index contributed by atoms with van der Waals surface area (Å²) in [4.78, 5) is 18.6. The molecule has 4 aromatic rings. The summed E-state index contributed by atoms with van der Waals surface area (Å²) in [5, 5.41) is 5.29. The van der Waals surface area contributed by atoms with Crippen molar-refractivity contribution < 1.29 is 4.79 Å². The minimum absolute atomic E-state index is 0.0233. The van der Waals surface area contributed by atoms with E-state index < -0.39 is 0 Å². The lowest BCUT2D eigenvalue weighted by atomic mass is 9.71. The molecule has 1 aliphatic heterocycles. The van der Waals surface area contributed by atoms with Gasteiger partial charge in [0.2, 0.25) is 0 Å². The number of hydrogen-bond donors (Lipinski definition) is 1. The summed E-state index contributed by atoms with van der Waals surface area (Å²) < 4.78 is 0. The maximum atomic E-state index is 13.4. The first-order valence-corrected chi connectivity index (χ1v) is 14.1. The smallest absolute Gasteiger partial charge is 0.256 e. The third-order valence-electron chi connectivity index (χ3n) is 8.80. The van der Waals surface area contributed by atoms with Gasteiger partial charge >= 0.3 is 0 Å². The second-order valence-electron chi connectivity index (χ2n) is 11.1. The number of amides is 1. The number of nitrogens with zero attached hydrogens (tertiary/aromatic N) is 2. The van der Waals surface area contributed by atoms with Crippen LogP contribution >= 0.6 is 0 Å². The molecule has 1 amide bonds. The summed E-state index contributed by atoms with van der Waals surface area (Å²) in [6, 6.07) is 33.5. The highest BCUT2D eigenvalue weighted by atomic mass is 16.1. The molecule has 0 radical (unpaired) electrons. The Kier molecular flexibility index (Phi) is 6.90. The highest BCUT2D eigenvalue weighted by Crippen LogP contribution is 2.45. The van der Waals surface area contributed by atoms with E-state index in [-0.39, 0.29) is 11.4 Å². The number of carbonyl (C=O) groups is 1. The zero-order valence-corrected chi connectivity index (χ0v) is 22.3. The second-order valence-corrected chi connectivity index (χ2v) is 11.1. The van der Waals surface area contributed by atoms with Crippen molar-refractivity contribution >= 4 is 28.1 Å². The molecule has 1 heterocycles. The molecular formula is C34H37N3O. The van der Waals surface area contributed by atoms with Gasteiger partial charge in [-0.3, -0.25) is 9.69 Å². The van der Waals surface area contributed by atoms with E-state index in [0.29, 0.717) is 5.56 Å². The van der Waals surface area contributed by atoms with E-state index in [4.69, 9.17) is 0 Å². The van der Waals surface area contributed by atoms with Crippen molar-refractivity contribution in [3.05, 3.63) is 108 Å². The number of para-hydroxylation sites is 1. The summed E-state index contributed by atoms with van der Waals surface area (Å²) in [6.07, 6.45) is 4.82. The van der Waals surface area contributed by atoms with Crippen molar-refractivity contribution in [2.75, 3.05) is 36.4 Å². The van der Waals surface area contributed by atoms with Crippen molar-refractivity contribution in [1.29, 1.82) is 0 Å². The molecule has 1 saturated carbocycles. The van der Waals surface area contributed by atoms with E-state index in [1.54, 1.807) is 0 Å². The average molecular weight is 504 g/mol. The predicted octanol–water partition coefficient (Wildman–Crippen LogP) is 7.32. The maximum absolute atomic E-state index is 13.4. The zero-order chi connectivity index (χ0) is 26.0. The Labute approximate surface area is 226 Å². The van der Waals surface area contributed by atoms with Crippen molar-refractivity contribution in [2.24, 2.45) is 5.92 Å². The van der Waals surface area contributed by atoms with Crippen LogP contribution in [0.15, 0.2) is 97.1 Å². The summed E-state index contributed by atoms with van der Waals surface area (Å²) in [5.74, 6) is 0.713. The lowest BCUT2D eigenvalue weighted by molar-refractivity contribution is 0.0299. The zero-order valence-electron chi connectivity index (χ0n) is 22.3. The van der Waals surface area contributed by atoms with Crippen LogP contribution in [-0.4, -0.2) is 37.0 Å². The topological polar surface area (TPSA) is 35.6 Å². The molecule has 1 aliphatic carbocycles. The molecule has 194 valence electrons. The Bertz CT molecular complexity index is 1390. The van der Waals surface area contributed by atoms with Gasteiger partial charge in [0.25, 0.3) is 5.91 Å². The number of carbonyl (C=O) groups excluding carboxylic acids is 1. The Morgan fingerprint density at radius 2 is 1.47 bits per heavy atom. The first-order valence-electron chi connectivity index (χ1n) is 14.1. The minimum Gasteiger partial charge on any atom is -0.369 e. The molecule has 2 fully saturated rings. The summed E-state index contributed by atoms with van der Waals surface area (Å²) in [5.41, 5.74) is 4.27. The lowest BCUT2D eigenvalue weighted by Gasteiger charge is -2.51. The van der Waals surface area contributed by atoms with Crippen LogP contribution in [0.25, 0.3) is 10.8 Å². The van der Waals surface area contributed by atoms with Gasteiger partial charge in [-0.15, -0.1) is 0 Å². The Morgan fingerprint density at radius 3 is 2.26 bits per heavy atom. The third kappa shape index (κ3) is 4.81. The van der Waals surface area contributed by atoms with Crippen LogP contribution in [0.3, 0.4) is 0 Å². The van der Waals surface area contributed by atoms with Crippen LogP contribution in [0.2, 0.25) is 0 Å². The molecule has 4 nitrogen and oxygen atoms in total. The van der Waals surface area contributed by atoms with Gasteiger partial charge in [-0.1, -0.05) is 73.7 Å². The van der Waals surface area contributed by atoms with Crippen molar-refractivity contribution in [2.45, 2.75) is 38.1 Å². The quantitative estimate of drug-likeness (QED) is 0.310. The van der Waals surface area contributed by atoms with Gasteiger partial charge in [-0.05, 0) is 78.3 Å². The molecule has 1 N–H and O–H groups in total. The van der Waals surface area contributed by atoms with Gasteiger partial charge in [0, 0.05) is 48.7 Å². The molecular weight excluding hydrogens is 466 g/mol. The fraction of sp³-hybridized carbons (Fsp3) is 0.324. The highest BCUT2D eigenvalue weighted by Gasteiger charge is 2.42. The Hall–Kier alpha value is -3.63. The van der Waals surface area contributed by atoms with Crippen LogP contribution < -0.4 is 10.2 Å². The molecule has 4 heteroatoms. The number of nitrogens with one attached hydrogen (secondary N) is 1. The van der Waals surface area contributed by atoms with Gasteiger partial charge in [0.05, 0.1) is 0 Å². The lowest BCUT2D eigenvalue weighted by Crippen LogP contribution is -2.56. The summed E-state index contributed by atoms with van der Waals surface area (Å²) in [6.45, 7) is 6.57. The van der Waals surface area contributed by atoms with Crippen molar-refractivity contribution in [1.82, 2.24) is 4.90 Å². The maximum Gasteiger partial charge on any atom is 0.256 e. The van der Waals surface area contributed by atoms with Crippen LogP contribution in [0.5, 0.6) is 0 Å². The fourth-order valence-corrected chi connectivity index (χ4v) is 6.57. The second kappa shape index (κ2) is 10.6. The molecule has 0 aromatic heterocycles. The number of benzene rings is 4. The number of piperazine rings is 1. The molecule has 2 aliphatic rings. The first-order chi connectivity index (χ1) is 18.6. The predicted molar refractivity (Wildman–Crippen MR) is 158 cm³/mol. The fourth-order valence-electron chi connectivity index (χ4n) is 6.57. The van der Waals surface area contributed by atoms with E-state index in [9.17, 15) is 4.79 Å². The number of rotatable bonds is 5. The molecule has 0 unspecified atom stereocenters. The molecule has 0 spiro atoms. The average Bonchev–Trinajstić information content (AvgIpc) is 2.98. The number of anilines is 2. The minimum atomic E-state index is -0.0539. The van der Waals surface area contributed by atoms with Crippen LogP contribution in [0.1, 0.15) is 48.5 Å². The molecule has 6 rings (SSSR count). The van der Waals surface area contributed by atoms with E-state index >= 15 is 0 Å². The first kappa shape index (κ1) is 24.7. The normalized spacial score (nSPS) is 22.3. The van der Waals surface area contributed by atoms with Gasteiger partial charge in [0.15, 0.2) is 0 Å². The van der Waals surface area contributed by atoms with Crippen LogP contribution in [0, 0.1) is 5.92 Å². The Balaban J connectivity index is 1.25. The van der Waals surface area contributed by atoms with Gasteiger partial charge < -0.3 is 10.2 Å². The monoisotopic (exact) mass is 503 g/mol. The Morgan fingerprint density at radius 1 is 0.789 bits per heavy atom. The van der Waals surface area contributed by atoms with Gasteiger partial charge in [-0.25, -0.2) is 0 Å². The largest absolute Gasteiger partial charge is 0.369 e. The molecule has 4 aromatic carbocycles. The van der Waals surface area contributed by atoms with Crippen LogP contribution in [-0.2, 0) is 5.54 Å². The standard InChI is InChI=1S/C34H37N3O/c1-26-17-19-34(20-18-26,37-23-21-36(22-24-37)30-13-3-2-4-14-30)28-11-8-12-29(25-28)35-33(38)32-16-7-10-27-9-5-6-15-31(27)32/h2-16,25-26H,17-24H2,1H3,(H,35,38). The third-order valence-corrected chi connectivity index (χ3v) is 8.80. The van der Waals surface area contributed by atoms with Gasteiger partial charge in [0.1, 0.15) is 0 Å². The van der Waals surface area contributed by atoms with Crippen molar-refractivity contribution in [3.63, 3.8) is 0 Å². The molecule has 1 saturated heterocycles. The molecule has 0 bridgehead atoms. The van der Waals surface area contributed by atoms with Gasteiger partial charge in [-0.2, -0.15) is 0 Å². The van der Waals surface area contributed by atoms with Crippen molar-refractivity contribution in [3.8, 4) is 0 Å². The molecule has 38 heavy (non-hydrogen) atoms. The number of fused-ring (bicyclic) bond motifs is 1. The molecule has 0 atom stereocenters. The summed E-state index contributed by atoms with van der Waals surface area (Å²) >= 11 is 0. The van der Waals surface area contributed by atoms with Crippen LogP contribution in [0.4, 0.5) is 11.4 Å². The highest BCUT2D eigenvalue weighted by molar-refractivity contribution is 6.12. The van der Waals surface area contributed by atoms with E-state index in [0.717, 1.165) is 48.6 Å². The SMILES string of the molecule is CC1CCC(c2cccc(NC(=O)c3cccc4ccccc34)c2)(N2CCN(c3ccccc3)CC2)CC1. The van der Waals surface area contributed by atoms with E-state index in [1.807, 2.05) is 36.4 Å². The van der Waals surface area contributed by atoms with E-state index in [1.165, 1.54) is 36.9 Å². The number of hydrogen-bond acceptors (Lipinski definition) is 3. The van der Waals surface area contributed by atoms with E-state index in [2.05, 4.69) is 82.7 Å².